The van der Waals surface area contributed by atoms with Gasteiger partial charge in [0.2, 0.25) is 5.91 Å². The first kappa shape index (κ1) is 19.8. The first-order valence-electron chi connectivity index (χ1n) is 10.4. The highest BCUT2D eigenvalue weighted by Crippen LogP contribution is 2.33. The average molecular weight is 399 g/mol. The number of benzene rings is 1. The van der Waals surface area contributed by atoms with Gasteiger partial charge in [-0.25, -0.2) is 0 Å². The minimum Gasteiger partial charge on any atom is -0.497 e. The molecule has 1 amide bonds. The molecule has 0 spiro atoms. The van der Waals surface area contributed by atoms with Gasteiger partial charge in [-0.3, -0.25) is 9.69 Å². The van der Waals surface area contributed by atoms with Gasteiger partial charge in [-0.15, -0.1) is 0 Å². The molecule has 6 heteroatoms. The number of amides is 1. The molecule has 156 valence electrons. The summed E-state index contributed by atoms with van der Waals surface area (Å²) in [6, 6.07) is 9.94. The van der Waals surface area contributed by atoms with Crippen molar-refractivity contribution in [2.45, 2.75) is 45.9 Å². The largest absolute Gasteiger partial charge is 0.497 e. The third kappa shape index (κ3) is 4.58. The Morgan fingerprint density at radius 1 is 1.24 bits per heavy atom. The van der Waals surface area contributed by atoms with Crippen LogP contribution >= 0.6 is 0 Å². The summed E-state index contributed by atoms with van der Waals surface area (Å²) >= 11 is 0. The minimum atomic E-state index is -0.0188. The molecule has 1 fully saturated rings. The predicted octanol–water partition coefficient (Wildman–Crippen LogP) is 3.62. The van der Waals surface area contributed by atoms with Crippen molar-refractivity contribution in [3.63, 3.8) is 0 Å². The molecule has 0 aliphatic carbocycles. The highest BCUT2D eigenvalue weighted by Gasteiger charge is 2.33. The fraction of sp³-hybridized carbons (Fsp3) is 0.522. The van der Waals surface area contributed by atoms with Gasteiger partial charge < -0.3 is 18.8 Å². The number of furan rings is 1. The van der Waals surface area contributed by atoms with Gasteiger partial charge in [0.25, 0.3) is 0 Å². The van der Waals surface area contributed by atoms with E-state index in [0.29, 0.717) is 19.0 Å². The Morgan fingerprint density at radius 2 is 2.10 bits per heavy atom. The third-order valence-corrected chi connectivity index (χ3v) is 6.00. The Balaban J connectivity index is 1.51. The quantitative estimate of drug-likeness (QED) is 0.787. The van der Waals surface area contributed by atoms with Crippen molar-refractivity contribution in [2.24, 2.45) is 5.92 Å². The highest BCUT2D eigenvalue weighted by molar-refractivity contribution is 5.73. The maximum atomic E-state index is 12.3. The maximum Gasteiger partial charge on any atom is 0.219 e. The van der Waals surface area contributed by atoms with Crippen LogP contribution in [0.1, 0.15) is 36.8 Å². The molecule has 1 saturated heterocycles. The molecule has 1 aromatic carbocycles. The molecule has 4 rings (SSSR count). The number of ether oxygens (including phenoxy) is 2. The Labute approximate surface area is 172 Å². The Bertz CT molecular complexity index is 862. The molecule has 0 bridgehead atoms. The number of hydrogen-bond donors (Lipinski definition) is 0. The smallest absolute Gasteiger partial charge is 0.219 e. The summed E-state index contributed by atoms with van der Waals surface area (Å²) in [5.41, 5.74) is 1.00. The lowest BCUT2D eigenvalue weighted by Gasteiger charge is -2.37. The summed E-state index contributed by atoms with van der Waals surface area (Å²) in [7, 11) is 1.65. The monoisotopic (exact) mass is 398 g/mol. The minimum absolute atomic E-state index is 0.0188. The van der Waals surface area contributed by atoms with Gasteiger partial charge in [0.1, 0.15) is 29.1 Å². The molecule has 0 unspecified atom stereocenters. The summed E-state index contributed by atoms with van der Waals surface area (Å²) in [5, 5.41) is 0. The number of aryl methyl sites for hydroxylation is 1. The van der Waals surface area contributed by atoms with Crippen LogP contribution in [0.4, 0.5) is 0 Å². The van der Waals surface area contributed by atoms with E-state index < -0.39 is 0 Å². The second-order valence-corrected chi connectivity index (χ2v) is 8.18. The van der Waals surface area contributed by atoms with Crippen molar-refractivity contribution >= 4 is 5.91 Å². The summed E-state index contributed by atoms with van der Waals surface area (Å²) in [6.45, 7) is 7.61. The molecule has 29 heavy (non-hydrogen) atoms. The van der Waals surface area contributed by atoms with Gasteiger partial charge in [-0.1, -0.05) is 0 Å². The Hall–Kier alpha value is -2.47. The molecular formula is C23H30N2O4. The number of rotatable bonds is 4. The van der Waals surface area contributed by atoms with E-state index in [-0.39, 0.29) is 12.0 Å². The van der Waals surface area contributed by atoms with Crippen molar-refractivity contribution in [2.75, 3.05) is 26.7 Å². The zero-order chi connectivity index (χ0) is 20.4. The predicted molar refractivity (Wildman–Crippen MR) is 110 cm³/mol. The van der Waals surface area contributed by atoms with Gasteiger partial charge in [0, 0.05) is 31.5 Å². The van der Waals surface area contributed by atoms with Crippen LogP contribution in [0, 0.1) is 12.8 Å². The van der Waals surface area contributed by atoms with Crippen LogP contribution < -0.4 is 9.47 Å². The lowest BCUT2D eigenvalue weighted by molar-refractivity contribution is -0.130. The van der Waals surface area contributed by atoms with Crippen LogP contribution in [0.2, 0.25) is 0 Å². The zero-order valence-corrected chi connectivity index (χ0v) is 17.5. The number of carbonyl (C=O) groups excluding carboxylic acids is 1. The summed E-state index contributed by atoms with van der Waals surface area (Å²) in [4.78, 5) is 16.6. The number of methoxy groups -OCH3 is 1. The van der Waals surface area contributed by atoms with E-state index in [9.17, 15) is 4.79 Å². The zero-order valence-electron chi connectivity index (χ0n) is 17.5. The summed E-state index contributed by atoms with van der Waals surface area (Å²) in [5.74, 6) is 4.05. The number of fused-ring (bicyclic) bond motifs is 1. The number of hydrogen-bond acceptors (Lipinski definition) is 5. The lowest BCUT2D eigenvalue weighted by atomic mass is 9.92. The van der Waals surface area contributed by atoms with Crippen molar-refractivity contribution in [1.82, 2.24) is 9.80 Å². The van der Waals surface area contributed by atoms with Crippen LogP contribution in [0.25, 0.3) is 0 Å². The van der Waals surface area contributed by atoms with E-state index in [4.69, 9.17) is 13.9 Å². The SMILES string of the molecule is COc1ccc2c(c1)CN(C(C)=O)C[C@H]([C@@H]1CCCN(Cc3ccc(C)o3)C1)O2. The fourth-order valence-electron chi connectivity index (χ4n) is 4.42. The molecular weight excluding hydrogens is 368 g/mol. The molecule has 2 atom stereocenters. The Kier molecular flexibility index (Phi) is 5.81. The lowest BCUT2D eigenvalue weighted by Crippen LogP contribution is -2.46. The number of piperidine rings is 1. The van der Waals surface area contributed by atoms with E-state index in [2.05, 4.69) is 11.0 Å². The molecule has 0 saturated carbocycles. The molecule has 1 aromatic heterocycles. The molecule has 0 N–H and O–H groups in total. The highest BCUT2D eigenvalue weighted by atomic mass is 16.5. The van der Waals surface area contributed by atoms with Crippen LogP contribution in [-0.4, -0.2) is 48.6 Å². The van der Waals surface area contributed by atoms with Crippen molar-refractivity contribution in [1.29, 1.82) is 0 Å². The van der Waals surface area contributed by atoms with E-state index in [1.165, 1.54) is 0 Å². The second-order valence-electron chi connectivity index (χ2n) is 8.18. The van der Waals surface area contributed by atoms with Gasteiger partial charge >= 0.3 is 0 Å². The van der Waals surface area contributed by atoms with E-state index >= 15 is 0 Å². The topological polar surface area (TPSA) is 55.2 Å². The molecule has 0 radical (unpaired) electrons. The van der Waals surface area contributed by atoms with Crippen LogP contribution in [0.5, 0.6) is 11.5 Å². The summed E-state index contributed by atoms with van der Waals surface area (Å²) < 4.78 is 17.6. The number of nitrogens with zero attached hydrogens (tertiary/aromatic N) is 2. The standard InChI is InChI=1S/C23H30N2O4/c1-16-6-7-21(28-16)14-24-10-4-5-18(12-24)23-15-25(17(2)26)13-19-11-20(27-3)8-9-22(19)29-23/h6-9,11,18,23H,4-5,10,12-15H2,1-3H3/t18-,23-/m1/s1. The Morgan fingerprint density at radius 3 is 2.83 bits per heavy atom. The van der Waals surface area contributed by atoms with Crippen molar-refractivity contribution < 1.29 is 18.7 Å². The fourth-order valence-corrected chi connectivity index (χ4v) is 4.42. The number of likely N-dealkylation sites (tertiary alicyclic amines) is 1. The van der Waals surface area contributed by atoms with E-state index in [0.717, 1.165) is 61.1 Å². The normalized spacial score (nSPS) is 22.5. The van der Waals surface area contributed by atoms with E-state index in [1.54, 1.807) is 14.0 Å². The molecule has 2 aromatic rings. The summed E-state index contributed by atoms with van der Waals surface area (Å²) in [6.07, 6.45) is 2.21. The van der Waals surface area contributed by atoms with Gasteiger partial charge in [0.05, 0.1) is 20.2 Å². The average Bonchev–Trinajstić information content (AvgIpc) is 3.01. The van der Waals surface area contributed by atoms with Gasteiger partial charge in [0.15, 0.2) is 0 Å². The maximum absolute atomic E-state index is 12.3. The van der Waals surface area contributed by atoms with Gasteiger partial charge in [-0.05, 0) is 56.6 Å². The molecule has 6 nitrogen and oxygen atoms in total. The number of carbonyl (C=O) groups is 1. The van der Waals surface area contributed by atoms with Crippen molar-refractivity contribution in [3.05, 3.63) is 47.4 Å². The van der Waals surface area contributed by atoms with Crippen molar-refractivity contribution in [3.8, 4) is 11.5 Å². The van der Waals surface area contributed by atoms with Crippen LogP contribution in [0.15, 0.2) is 34.7 Å². The molecule has 3 heterocycles. The first-order valence-corrected chi connectivity index (χ1v) is 10.4. The first-order chi connectivity index (χ1) is 14.0. The second kappa shape index (κ2) is 8.49. The third-order valence-electron chi connectivity index (χ3n) is 6.00. The van der Waals surface area contributed by atoms with Crippen LogP contribution in [0.3, 0.4) is 0 Å². The van der Waals surface area contributed by atoms with Gasteiger partial charge in [-0.2, -0.15) is 0 Å². The molecule has 2 aliphatic heterocycles. The van der Waals surface area contributed by atoms with Crippen LogP contribution in [-0.2, 0) is 17.9 Å². The van der Waals surface area contributed by atoms with E-state index in [1.807, 2.05) is 36.1 Å². The molecule has 2 aliphatic rings.